The van der Waals surface area contributed by atoms with E-state index < -0.39 is 0 Å². The summed E-state index contributed by atoms with van der Waals surface area (Å²) in [5.41, 5.74) is 2.08. The summed E-state index contributed by atoms with van der Waals surface area (Å²) in [7, 11) is 2.18. The maximum absolute atomic E-state index is 13.6. The maximum Gasteiger partial charge on any atom is 0.244 e. The van der Waals surface area contributed by atoms with Crippen molar-refractivity contribution in [2.75, 3.05) is 56.5 Å². The molecule has 6 atom stereocenters. The van der Waals surface area contributed by atoms with E-state index >= 15 is 0 Å². The van der Waals surface area contributed by atoms with Crippen molar-refractivity contribution >= 4 is 40.3 Å². The Hall–Kier alpha value is -1.48. The zero-order chi connectivity index (χ0) is 27.0. The van der Waals surface area contributed by atoms with Gasteiger partial charge in [0.25, 0.3) is 0 Å². The maximum atomic E-state index is 13.6. The molecule has 4 fully saturated rings. The number of hydrogen-bond donors (Lipinski definition) is 4. The fourth-order valence-electron chi connectivity index (χ4n) is 6.81. The number of likely N-dealkylation sites (N-methyl/N-ethyl adjacent to an activating group) is 1. The molecule has 0 aromatic heterocycles. The number of fused-ring (bicyclic) bond motifs is 6. The van der Waals surface area contributed by atoms with Gasteiger partial charge in [0.1, 0.15) is 29.3 Å². The lowest BCUT2D eigenvalue weighted by atomic mass is 9.85. The topological polar surface area (TPSA) is 87.4 Å². The molecule has 4 saturated heterocycles. The number of nitrogens with one attached hydrogen (secondary N) is 4. The largest absolute Gasteiger partial charge is 0.369 e. The number of piperidine rings is 1. The van der Waals surface area contributed by atoms with E-state index in [0.29, 0.717) is 13.1 Å². The summed E-state index contributed by atoms with van der Waals surface area (Å²) in [6, 6.07) is 8.97. The van der Waals surface area contributed by atoms with Gasteiger partial charge in [-0.2, -0.15) is 5.01 Å². The Kier molecular flexibility index (Phi) is 8.37. The quantitative estimate of drug-likeness (QED) is 0.290. The highest BCUT2D eigenvalue weighted by Crippen LogP contribution is 2.36. The molecule has 0 saturated carbocycles. The van der Waals surface area contributed by atoms with Crippen LogP contribution in [0.1, 0.15) is 39.0 Å². The van der Waals surface area contributed by atoms with Gasteiger partial charge in [0.05, 0.1) is 30.4 Å². The van der Waals surface area contributed by atoms with Gasteiger partial charge >= 0.3 is 0 Å². The van der Waals surface area contributed by atoms with E-state index in [4.69, 9.17) is 3.07 Å². The molecule has 5 heterocycles. The van der Waals surface area contributed by atoms with Crippen molar-refractivity contribution in [1.29, 1.82) is 0 Å². The van der Waals surface area contributed by atoms with Crippen LogP contribution in [-0.4, -0.2) is 97.4 Å². The van der Waals surface area contributed by atoms with Crippen molar-refractivity contribution in [1.82, 2.24) is 30.9 Å². The fourth-order valence-corrected chi connectivity index (χ4v) is 7.34. The summed E-state index contributed by atoms with van der Waals surface area (Å²) in [6.07, 6.45) is 9.31. The number of benzene rings is 1. The van der Waals surface area contributed by atoms with Crippen LogP contribution in [0, 0.1) is 5.92 Å². The van der Waals surface area contributed by atoms with Gasteiger partial charge in [-0.3, -0.25) is 25.8 Å². The third kappa shape index (κ3) is 5.68. The molecule has 6 rings (SSSR count). The fraction of sp³-hybridized carbons (Fsp3) is 0.679. The molecule has 1 amide bonds. The first-order valence-electron chi connectivity index (χ1n) is 14.6. The van der Waals surface area contributed by atoms with Crippen molar-refractivity contribution in [2.45, 2.75) is 69.3 Å². The molecule has 5 aliphatic rings. The molecule has 0 radical (unpaired) electrons. The summed E-state index contributed by atoms with van der Waals surface area (Å²) in [6.45, 7) is 7.78. The molecular formula is C28H43IN8O2. The van der Waals surface area contributed by atoms with Gasteiger partial charge in [-0.15, -0.1) is 0 Å². The van der Waals surface area contributed by atoms with Crippen molar-refractivity contribution in [3.8, 4) is 0 Å². The van der Waals surface area contributed by atoms with Gasteiger partial charge in [-0.1, -0.05) is 12.2 Å². The van der Waals surface area contributed by atoms with Crippen LogP contribution >= 0.6 is 23.0 Å². The molecule has 2 bridgehead atoms. The van der Waals surface area contributed by atoms with Gasteiger partial charge in [0.2, 0.25) is 5.91 Å². The van der Waals surface area contributed by atoms with E-state index in [9.17, 15) is 4.79 Å². The highest BCUT2D eigenvalue weighted by molar-refractivity contribution is 14.1. The molecule has 1 aromatic rings. The smallest absolute Gasteiger partial charge is 0.244 e. The van der Waals surface area contributed by atoms with Crippen molar-refractivity contribution in [3.63, 3.8) is 0 Å². The molecule has 1 aromatic carbocycles. The molecule has 0 aliphatic carbocycles. The van der Waals surface area contributed by atoms with Gasteiger partial charge < -0.3 is 18.2 Å². The normalized spacial score (nSPS) is 37.1. The van der Waals surface area contributed by atoms with E-state index in [1.807, 2.05) is 5.01 Å². The van der Waals surface area contributed by atoms with E-state index in [0.717, 1.165) is 64.0 Å². The molecule has 39 heavy (non-hydrogen) atoms. The van der Waals surface area contributed by atoms with Crippen LogP contribution in [0.25, 0.3) is 0 Å². The molecule has 10 nitrogen and oxygen atoms in total. The van der Waals surface area contributed by atoms with Crippen LogP contribution in [0.5, 0.6) is 0 Å². The molecule has 214 valence electrons. The van der Waals surface area contributed by atoms with Crippen LogP contribution in [0.4, 0.5) is 11.4 Å². The van der Waals surface area contributed by atoms with Crippen molar-refractivity contribution in [2.24, 2.45) is 5.92 Å². The average Bonchev–Trinajstić information content (AvgIpc) is 3.23. The first kappa shape index (κ1) is 27.7. The monoisotopic (exact) mass is 650 g/mol. The Morgan fingerprint density at radius 2 is 1.87 bits per heavy atom. The number of allylic oxidation sites excluding steroid dienone is 1. The number of nitrogens with zero attached hydrogens (tertiary/aromatic N) is 4. The number of hydrazine groups is 1. The first-order valence-corrected chi connectivity index (χ1v) is 15.4. The van der Waals surface area contributed by atoms with Crippen molar-refractivity contribution < 1.29 is 7.86 Å². The number of hydrogen-bond acceptors (Lipinski definition) is 9. The predicted molar refractivity (Wildman–Crippen MR) is 162 cm³/mol. The molecule has 4 N–H and O–H groups in total. The third-order valence-corrected chi connectivity index (χ3v) is 10.3. The Bertz CT molecular complexity index is 1030. The van der Waals surface area contributed by atoms with Crippen LogP contribution in [0.15, 0.2) is 36.4 Å². The Balaban J connectivity index is 1.17. The molecule has 5 unspecified atom stereocenters. The van der Waals surface area contributed by atoms with Crippen LogP contribution < -0.4 is 26.2 Å². The summed E-state index contributed by atoms with van der Waals surface area (Å²) in [4.78, 5) is 18.5. The van der Waals surface area contributed by atoms with E-state index in [1.54, 1.807) is 0 Å². The standard InChI is InChI=1S/C28H43IN8O2/c1-28(39-29)13-4-3-5-14-36-26(38)22-19-30-27(33-25(22)37(36)24-8-6-7-23(28)32-24)31-20-9-11-21(12-10-20)35-17-15-34(2)16-18-35/h3,5,9-12,22-25,27,30-33H,4,6-8,13-19H2,1-2H3/b5-3-/t22?,23?,24?,25?,27?,28-/m1/s1. The minimum absolute atomic E-state index is 0.0780. The molecule has 11 heteroatoms. The second-order valence-electron chi connectivity index (χ2n) is 11.9. The lowest BCUT2D eigenvalue weighted by Crippen LogP contribution is -2.69. The van der Waals surface area contributed by atoms with E-state index in [2.05, 4.69) is 109 Å². The molecule has 0 spiro atoms. The summed E-state index contributed by atoms with van der Waals surface area (Å²) >= 11 is 2.07. The van der Waals surface area contributed by atoms with Gasteiger partial charge in [-0.25, -0.2) is 0 Å². The van der Waals surface area contributed by atoms with Gasteiger partial charge in [0, 0.05) is 50.1 Å². The van der Waals surface area contributed by atoms with Crippen LogP contribution in [-0.2, 0) is 7.86 Å². The lowest BCUT2D eigenvalue weighted by Gasteiger charge is -2.47. The Labute approximate surface area is 246 Å². The minimum Gasteiger partial charge on any atom is -0.369 e. The van der Waals surface area contributed by atoms with Gasteiger partial charge in [0.15, 0.2) is 0 Å². The predicted octanol–water partition coefficient (Wildman–Crippen LogP) is 2.27. The Morgan fingerprint density at radius 1 is 1.08 bits per heavy atom. The zero-order valence-electron chi connectivity index (χ0n) is 23.1. The van der Waals surface area contributed by atoms with E-state index in [-0.39, 0.29) is 42.1 Å². The second kappa shape index (κ2) is 11.8. The van der Waals surface area contributed by atoms with E-state index in [1.165, 1.54) is 5.69 Å². The van der Waals surface area contributed by atoms with Gasteiger partial charge in [-0.05, 0) is 70.3 Å². The number of anilines is 2. The third-order valence-electron chi connectivity index (χ3n) is 9.29. The van der Waals surface area contributed by atoms with Crippen molar-refractivity contribution in [3.05, 3.63) is 36.4 Å². The SMILES string of the molecule is CN1CCN(c2ccc(NC3NCC4C(=O)N5C/C=C\CC[C@@](C)(OI)C6CCCC(N6)N5C4N3)cc2)CC1. The number of carbonyl (C=O) groups excluding carboxylic acids is 1. The minimum atomic E-state index is -0.246. The molecular weight excluding hydrogens is 607 g/mol. The Morgan fingerprint density at radius 3 is 2.64 bits per heavy atom. The average molecular weight is 651 g/mol. The zero-order valence-corrected chi connectivity index (χ0v) is 25.3. The number of halogens is 1. The van der Waals surface area contributed by atoms with Crippen LogP contribution in [0.2, 0.25) is 0 Å². The summed E-state index contributed by atoms with van der Waals surface area (Å²) in [5.74, 6) is 0.0593. The number of amides is 1. The first-order chi connectivity index (χ1) is 18.9. The highest BCUT2D eigenvalue weighted by atomic mass is 127. The lowest BCUT2D eigenvalue weighted by molar-refractivity contribution is -0.146. The molecule has 5 aliphatic heterocycles. The number of carbonyl (C=O) groups is 1. The summed E-state index contributed by atoms with van der Waals surface area (Å²) in [5, 5.41) is 19.1. The second-order valence-corrected chi connectivity index (χ2v) is 12.3. The van der Waals surface area contributed by atoms with Crippen LogP contribution in [0.3, 0.4) is 0 Å². The number of piperazine rings is 1. The summed E-state index contributed by atoms with van der Waals surface area (Å²) < 4.78 is 6.05. The highest BCUT2D eigenvalue weighted by Gasteiger charge is 2.53. The number of rotatable bonds is 4.